The SMILES string of the molecule is Cc1ccc2c(c1)-c1c(ssc1=S)C(C)(C)N2C(=O)C(C)C. The lowest BCUT2D eigenvalue weighted by Crippen LogP contribution is -2.49. The average molecular weight is 350 g/mol. The zero-order valence-electron chi connectivity index (χ0n) is 13.4. The minimum absolute atomic E-state index is 0.0402. The van der Waals surface area contributed by atoms with Crippen molar-refractivity contribution in [1.29, 1.82) is 0 Å². The topological polar surface area (TPSA) is 20.3 Å². The summed E-state index contributed by atoms with van der Waals surface area (Å²) in [5.74, 6) is 0.117. The Kier molecular flexibility index (Phi) is 3.78. The van der Waals surface area contributed by atoms with Crippen LogP contribution >= 0.6 is 32.9 Å². The Bertz CT molecular complexity index is 814. The second kappa shape index (κ2) is 5.25. The summed E-state index contributed by atoms with van der Waals surface area (Å²) < 4.78 is 0.927. The molecule has 0 atom stereocenters. The molecule has 0 fully saturated rings. The van der Waals surface area contributed by atoms with Crippen LogP contribution in [-0.2, 0) is 10.3 Å². The molecule has 0 saturated carbocycles. The highest BCUT2D eigenvalue weighted by Gasteiger charge is 2.43. The summed E-state index contributed by atoms with van der Waals surface area (Å²) in [6.07, 6.45) is 0. The Morgan fingerprint density at radius 2 is 1.95 bits per heavy atom. The average Bonchev–Trinajstić information content (AvgIpc) is 2.82. The van der Waals surface area contributed by atoms with Gasteiger partial charge >= 0.3 is 0 Å². The highest BCUT2D eigenvalue weighted by Crippen LogP contribution is 2.52. The monoisotopic (exact) mass is 349 g/mol. The van der Waals surface area contributed by atoms with Crippen molar-refractivity contribution in [2.75, 3.05) is 4.90 Å². The van der Waals surface area contributed by atoms with Crippen LogP contribution in [0.4, 0.5) is 5.69 Å². The Morgan fingerprint density at radius 1 is 1.27 bits per heavy atom. The maximum Gasteiger partial charge on any atom is 0.230 e. The summed E-state index contributed by atoms with van der Waals surface area (Å²) >= 11 is 5.58. The number of carbonyl (C=O) groups is 1. The molecule has 0 unspecified atom stereocenters. The molecular weight excluding hydrogens is 330 g/mol. The molecular formula is C17H19NOS3. The molecule has 22 heavy (non-hydrogen) atoms. The van der Waals surface area contributed by atoms with Crippen LogP contribution in [0.3, 0.4) is 0 Å². The fourth-order valence-electron chi connectivity index (χ4n) is 3.00. The van der Waals surface area contributed by atoms with Gasteiger partial charge in [0.1, 0.15) is 3.82 Å². The highest BCUT2D eigenvalue weighted by atomic mass is 32.9. The molecule has 1 aliphatic rings. The molecule has 1 aliphatic heterocycles. The molecule has 2 aromatic rings. The molecule has 0 spiro atoms. The van der Waals surface area contributed by atoms with E-state index in [4.69, 9.17) is 12.2 Å². The summed E-state index contributed by atoms with van der Waals surface area (Å²) in [4.78, 5) is 16.1. The fourth-order valence-corrected chi connectivity index (χ4v) is 6.28. The first-order valence-electron chi connectivity index (χ1n) is 7.34. The number of benzene rings is 1. The van der Waals surface area contributed by atoms with Gasteiger partial charge in [0.15, 0.2) is 0 Å². The minimum Gasteiger partial charge on any atom is -0.301 e. The van der Waals surface area contributed by atoms with E-state index in [2.05, 4.69) is 39.0 Å². The third-order valence-corrected chi connectivity index (χ3v) is 7.45. The van der Waals surface area contributed by atoms with E-state index in [1.54, 1.807) is 20.7 Å². The van der Waals surface area contributed by atoms with E-state index in [1.807, 2.05) is 18.7 Å². The second-order valence-electron chi connectivity index (χ2n) is 6.57. The van der Waals surface area contributed by atoms with Crippen LogP contribution < -0.4 is 4.90 Å². The molecule has 1 aromatic carbocycles. The van der Waals surface area contributed by atoms with Crippen molar-refractivity contribution >= 4 is 44.5 Å². The predicted octanol–water partition coefficient (Wildman–Crippen LogP) is 5.75. The highest BCUT2D eigenvalue weighted by molar-refractivity contribution is 7.80. The summed E-state index contributed by atoms with van der Waals surface area (Å²) in [5.41, 5.74) is 4.06. The number of carbonyl (C=O) groups excluding carboxylic acids is 1. The molecule has 2 heterocycles. The van der Waals surface area contributed by atoms with E-state index in [0.29, 0.717) is 0 Å². The zero-order chi connectivity index (χ0) is 16.2. The maximum atomic E-state index is 12.9. The van der Waals surface area contributed by atoms with E-state index < -0.39 is 0 Å². The zero-order valence-corrected chi connectivity index (χ0v) is 15.8. The van der Waals surface area contributed by atoms with Gasteiger partial charge in [0.05, 0.1) is 16.1 Å². The Hall–Kier alpha value is -1.04. The molecule has 1 amide bonds. The van der Waals surface area contributed by atoms with E-state index in [0.717, 1.165) is 20.6 Å². The summed E-state index contributed by atoms with van der Waals surface area (Å²) in [5, 5.41) is 0. The molecule has 3 rings (SSSR count). The van der Waals surface area contributed by atoms with Gasteiger partial charge in [0.25, 0.3) is 0 Å². The van der Waals surface area contributed by atoms with Gasteiger partial charge in [-0.05, 0) is 32.9 Å². The van der Waals surface area contributed by atoms with Gasteiger partial charge in [-0.3, -0.25) is 4.79 Å². The lowest BCUT2D eigenvalue weighted by molar-refractivity contribution is -0.122. The van der Waals surface area contributed by atoms with Crippen molar-refractivity contribution in [3.63, 3.8) is 0 Å². The summed E-state index contributed by atoms with van der Waals surface area (Å²) in [6, 6.07) is 6.28. The van der Waals surface area contributed by atoms with Crippen molar-refractivity contribution < 1.29 is 4.79 Å². The minimum atomic E-state index is -0.364. The molecule has 1 aromatic heterocycles. The molecule has 0 bridgehead atoms. The van der Waals surface area contributed by atoms with Crippen LogP contribution in [0.25, 0.3) is 11.1 Å². The van der Waals surface area contributed by atoms with Crippen molar-refractivity contribution in [2.24, 2.45) is 5.92 Å². The molecule has 0 aliphatic carbocycles. The van der Waals surface area contributed by atoms with Crippen LogP contribution in [0.1, 0.15) is 38.1 Å². The van der Waals surface area contributed by atoms with Gasteiger partial charge < -0.3 is 4.90 Å². The van der Waals surface area contributed by atoms with Gasteiger partial charge in [0.2, 0.25) is 5.91 Å². The number of nitrogens with zero attached hydrogens (tertiary/aromatic N) is 1. The van der Waals surface area contributed by atoms with Crippen molar-refractivity contribution in [3.05, 3.63) is 32.5 Å². The number of amides is 1. The number of fused-ring (bicyclic) bond motifs is 3. The molecule has 116 valence electrons. The first-order valence-corrected chi connectivity index (χ1v) is 9.89. The maximum absolute atomic E-state index is 12.9. The second-order valence-corrected chi connectivity index (χ2v) is 9.38. The Morgan fingerprint density at radius 3 is 2.59 bits per heavy atom. The van der Waals surface area contributed by atoms with E-state index >= 15 is 0 Å². The number of rotatable bonds is 1. The number of hydrogen-bond acceptors (Lipinski definition) is 4. The van der Waals surface area contributed by atoms with Crippen molar-refractivity contribution in [3.8, 4) is 11.1 Å². The quantitative estimate of drug-likeness (QED) is 0.482. The lowest BCUT2D eigenvalue weighted by Gasteiger charge is -2.43. The van der Waals surface area contributed by atoms with Crippen LogP contribution in [0.2, 0.25) is 0 Å². The van der Waals surface area contributed by atoms with Crippen LogP contribution in [0, 0.1) is 16.7 Å². The van der Waals surface area contributed by atoms with E-state index in [-0.39, 0.29) is 17.4 Å². The smallest absolute Gasteiger partial charge is 0.230 e. The van der Waals surface area contributed by atoms with Gasteiger partial charge in [-0.15, -0.1) is 0 Å². The first-order chi connectivity index (χ1) is 10.2. The molecule has 5 heteroatoms. The van der Waals surface area contributed by atoms with Crippen LogP contribution in [0.5, 0.6) is 0 Å². The van der Waals surface area contributed by atoms with Crippen molar-refractivity contribution in [2.45, 2.75) is 40.2 Å². The van der Waals surface area contributed by atoms with Crippen LogP contribution in [0.15, 0.2) is 18.2 Å². The molecule has 2 nitrogen and oxygen atoms in total. The van der Waals surface area contributed by atoms with Gasteiger partial charge in [-0.2, -0.15) is 0 Å². The molecule has 0 N–H and O–H groups in total. The molecule has 0 radical (unpaired) electrons. The Labute approximate surface area is 143 Å². The van der Waals surface area contributed by atoms with Gasteiger partial charge in [0, 0.05) is 17.0 Å². The molecule has 0 saturated heterocycles. The normalized spacial score (nSPS) is 15.6. The van der Waals surface area contributed by atoms with Crippen LogP contribution in [-0.4, -0.2) is 5.91 Å². The van der Waals surface area contributed by atoms with E-state index in [1.165, 1.54) is 10.4 Å². The standard InChI is InChI=1S/C17H19NOS3/c1-9(2)15(19)18-12-7-6-10(3)8-11(12)13-14(17(18,4)5)21-22-16(13)20/h6-9H,1-5H3. The summed E-state index contributed by atoms with van der Waals surface area (Å²) in [7, 11) is 3.34. The van der Waals surface area contributed by atoms with Crippen molar-refractivity contribution in [1.82, 2.24) is 0 Å². The van der Waals surface area contributed by atoms with E-state index in [9.17, 15) is 4.79 Å². The van der Waals surface area contributed by atoms with Gasteiger partial charge in [-0.25, -0.2) is 0 Å². The first kappa shape index (κ1) is 15.8. The number of hydrogen-bond donors (Lipinski definition) is 0. The third kappa shape index (κ3) is 2.18. The lowest BCUT2D eigenvalue weighted by atomic mass is 9.86. The third-order valence-electron chi connectivity index (χ3n) is 4.12. The van der Waals surface area contributed by atoms with Gasteiger partial charge in [-0.1, -0.05) is 58.4 Å². The summed E-state index contributed by atoms with van der Waals surface area (Å²) in [6.45, 7) is 10.2. The number of anilines is 1. The number of aryl methyl sites for hydroxylation is 1. The Balaban J connectivity index is 2.37. The largest absolute Gasteiger partial charge is 0.301 e. The fraction of sp³-hybridized carbons (Fsp3) is 0.412. The predicted molar refractivity (Wildman–Crippen MR) is 98.6 cm³/mol.